The van der Waals surface area contributed by atoms with Crippen molar-refractivity contribution in [3.63, 3.8) is 0 Å². The summed E-state index contributed by atoms with van der Waals surface area (Å²) in [4.78, 5) is 12.9. The molecule has 6 heteroatoms. The molecule has 4 rings (SSSR count). The molecular weight excluding hydrogens is 341 g/mol. The van der Waals surface area contributed by atoms with Gasteiger partial charge in [0.2, 0.25) is 0 Å². The summed E-state index contributed by atoms with van der Waals surface area (Å²) >= 11 is 0. The quantitative estimate of drug-likeness (QED) is 0.580. The number of nitriles is 1. The van der Waals surface area contributed by atoms with E-state index in [4.69, 9.17) is 5.73 Å². The van der Waals surface area contributed by atoms with Gasteiger partial charge in [0.25, 0.3) is 0 Å². The number of aromatic nitrogens is 3. The Balaban J connectivity index is 2.00. The van der Waals surface area contributed by atoms with Gasteiger partial charge in [-0.3, -0.25) is 0 Å². The van der Waals surface area contributed by atoms with Gasteiger partial charge >= 0.3 is 0 Å². The number of benzene rings is 2. The molecule has 2 aromatic carbocycles. The highest BCUT2D eigenvalue weighted by molar-refractivity contribution is 5.90. The lowest BCUT2D eigenvalue weighted by atomic mass is 9.96. The molecule has 0 bridgehead atoms. The van der Waals surface area contributed by atoms with Crippen LogP contribution < -0.4 is 5.73 Å². The molecular formula is C21H14FN5. The zero-order chi connectivity index (χ0) is 19.0. The van der Waals surface area contributed by atoms with Crippen LogP contribution in [0.3, 0.4) is 0 Å². The summed E-state index contributed by atoms with van der Waals surface area (Å²) in [5.74, 6) is -0.193. The van der Waals surface area contributed by atoms with E-state index in [0.29, 0.717) is 11.3 Å². The smallest absolute Gasteiger partial charge is 0.142 e. The van der Waals surface area contributed by atoms with E-state index in [1.807, 2.05) is 25.1 Å². The SMILES string of the molecule is Cc1ncnc2ccc(-c3cc(C#N)c(N)nc3-c3ccc(F)cc3)cc12. The summed E-state index contributed by atoms with van der Waals surface area (Å²) in [6, 6.07) is 15.6. The predicted octanol–water partition coefficient (Wildman–Crippen LogP) is 4.26. The predicted molar refractivity (Wildman–Crippen MR) is 102 cm³/mol. The maximum atomic E-state index is 13.3. The maximum Gasteiger partial charge on any atom is 0.142 e. The fourth-order valence-electron chi connectivity index (χ4n) is 3.02. The summed E-state index contributed by atoms with van der Waals surface area (Å²) in [6.45, 7) is 1.91. The molecule has 0 fully saturated rings. The van der Waals surface area contributed by atoms with Crippen LogP contribution in [-0.4, -0.2) is 15.0 Å². The first-order valence-corrected chi connectivity index (χ1v) is 8.25. The molecule has 0 atom stereocenters. The number of anilines is 1. The van der Waals surface area contributed by atoms with Gasteiger partial charge in [0.1, 0.15) is 24.0 Å². The van der Waals surface area contributed by atoms with E-state index < -0.39 is 0 Å². The number of hydrogen-bond donors (Lipinski definition) is 1. The number of nitrogens with zero attached hydrogens (tertiary/aromatic N) is 4. The molecule has 27 heavy (non-hydrogen) atoms. The Morgan fingerprint density at radius 1 is 1.00 bits per heavy atom. The number of aryl methyl sites for hydroxylation is 1. The van der Waals surface area contributed by atoms with Gasteiger partial charge in [-0.05, 0) is 55.0 Å². The van der Waals surface area contributed by atoms with Crippen molar-refractivity contribution in [3.05, 3.63) is 71.9 Å². The van der Waals surface area contributed by atoms with Gasteiger partial charge in [-0.2, -0.15) is 5.26 Å². The van der Waals surface area contributed by atoms with Gasteiger partial charge < -0.3 is 5.73 Å². The van der Waals surface area contributed by atoms with Crippen molar-refractivity contribution in [2.24, 2.45) is 0 Å². The molecule has 0 aliphatic carbocycles. The highest BCUT2D eigenvalue weighted by Gasteiger charge is 2.15. The second-order valence-electron chi connectivity index (χ2n) is 6.13. The van der Waals surface area contributed by atoms with Crippen molar-refractivity contribution in [3.8, 4) is 28.5 Å². The second kappa shape index (κ2) is 6.46. The van der Waals surface area contributed by atoms with E-state index in [-0.39, 0.29) is 17.2 Å². The van der Waals surface area contributed by atoms with Gasteiger partial charge in [0.15, 0.2) is 0 Å². The summed E-state index contributed by atoms with van der Waals surface area (Å²) < 4.78 is 13.3. The van der Waals surface area contributed by atoms with Gasteiger partial charge in [-0.15, -0.1) is 0 Å². The average molecular weight is 355 g/mol. The van der Waals surface area contributed by atoms with Crippen LogP contribution in [0.4, 0.5) is 10.2 Å². The summed E-state index contributed by atoms with van der Waals surface area (Å²) in [6.07, 6.45) is 1.53. The Morgan fingerprint density at radius 2 is 1.74 bits per heavy atom. The van der Waals surface area contributed by atoms with Crippen molar-refractivity contribution in [2.45, 2.75) is 6.92 Å². The van der Waals surface area contributed by atoms with Gasteiger partial charge in [0, 0.05) is 22.2 Å². The van der Waals surface area contributed by atoms with Crippen LogP contribution in [-0.2, 0) is 0 Å². The first kappa shape index (κ1) is 16.6. The highest BCUT2D eigenvalue weighted by Crippen LogP contribution is 2.34. The average Bonchev–Trinajstić information content (AvgIpc) is 2.68. The number of halogens is 1. The second-order valence-corrected chi connectivity index (χ2v) is 6.13. The molecule has 0 amide bonds. The van der Waals surface area contributed by atoms with Crippen molar-refractivity contribution >= 4 is 16.7 Å². The largest absolute Gasteiger partial charge is 0.383 e. The lowest BCUT2D eigenvalue weighted by Crippen LogP contribution is -2.00. The minimum absolute atomic E-state index is 0.140. The molecule has 0 saturated heterocycles. The van der Waals surface area contributed by atoms with Crippen molar-refractivity contribution in [1.82, 2.24) is 15.0 Å². The summed E-state index contributed by atoms with van der Waals surface area (Å²) in [5, 5.41) is 10.3. The number of rotatable bonds is 2. The molecule has 0 aliphatic heterocycles. The van der Waals surface area contributed by atoms with E-state index in [1.165, 1.54) is 18.5 Å². The number of nitrogens with two attached hydrogens (primary N) is 1. The molecule has 0 saturated carbocycles. The van der Waals surface area contributed by atoms with E-state index in [2.05, 4.69) is 21.0 Å². The molecule has 4 aromatic rings. The van der Waals surface area contributed by atoms with Crippen molar-refractivity contribution in [2.75, 3.05) is 5.73 Å². The molecule has 2 heterocycles. The van der Waals surface area contributed by atoms with E-state index >= 15 is 0 Å². The van der Waals surface area contributed by atoms with E-state index in [1.54, 1.807) is 18.2 Å². The lowest BCUT2D eigenvalue weighted by Gasteiger charge is -2.12. The molecule has 2 N–H and O–H groups in total. The number of hydrogen-bond acceptors (Lipinski definition) is 5. The Labute approximate surface area is 155 Å². The first-order chi connectivity index (χ1) is 13.1. The van der Waals surface area contributed by atoms with Crippen LogP contribution >= 0.6 is 0 Å². The van der Waals surface area contributed by atoms with Crippen LogP contribution in [0.25, 0.3) is 33.3 Å². The third kappa shape index (κ3) is 2.96. The monoisotopic (exact) mass is 355 g/mol. The van der Waals surface area contributed by atoms with Crippen molar-refractivity contribution < 1.29 is 4.39 Å². The van der Waals surface area contributed by atoms with Crippen LogP contribution in [0.1, 0.15) is 11.3 Å². The molecule has 0 aliphatic rings. The molecule has 5 nitrogen and oxygen atoms in total. The summed E-state index contributed by atoms with van der Waals surface area (Å²) in [5.41, 5.74) is 10.8. The maximum absolute atomic E-state index is 13.3. The number of pyridine rings is 1. The Bertz CT molecular complexity index is 1210. The third-order valence-corrected chi connectivity index (χ3v) is 4.44. The van der Waals surface area contributed by atoms with Crippen LogP contribution in [0, 0.1) is 24.1 Å². The normalized spacial score (nSPS) is 10.7. The van der Waals surface area contributed by atoms with E-state index in [0.717, 1.165) is 27.7 Å². The number of fused-ring (bicyclic) bond motifs is 1. The van der Waals surface area contributed by atoms with Gasteiger partial charge in [0.05, 0.1) is 16.8 Å². The minimum Gasteiger partial charge on any atom is -0.383 e. The third-order valence-electron chi connectivity index (χ3n) is 4.44. The minimum atomic E-state index is -0.333. The first-order valence-electron chi connectivity index (χ1n) is 8.25. The fraction of sp³-hybridized carbons (Fsp3) is 0.0476. The Hall–Kier alpha value is -3.85. The fourth-order valence-corrected chi connectivity index (χ4v) is 3.02. The zero-order valence-corrected chi connectivity index (χ0v) is 14.4. The van der Waals surface area contributed by atoms with Gasteiger partial charge in [-0.25, -0.2) is 19.3 Å². The number of nitrogen functional groups attached to an aromatic ring is 1. The van der Waals surface area contributed by atoms with Crippen molar-refractivity contribution in [1.29, 1.82) is 5.26 Å². The standard InChI is InChI=1S/C21H14FN5/c1-12-17-8-14(4-7-19(17)26-11-25-12)18-9-15(10-23)21(24)27-20(18)13-2-5-16(22)6-3-13/h2-9,11H,1H3,(H2,24,27). The Kier molecular flexibility index (Phi) is 3.98. The van der Waals surface area contributed by atoms with Gasteiger partial charge in [-0.1, -0.05) is 6.07 Å². The van der Waals surface area contributed by atoms with Crippen LogP contribution in [0.2, 0.25) is 0 Å². The van der Waals surface area contributed by atoms with Crippen LogP contribution in [0.5, 0.6) is 0 Å². The zero-order valence-electron chi connectivity index (χ0n) is 14.4. The lowest BCUT2D eigenvalue weighted by molar-refractivity contribution is 0.628. The molecule has 0 spiro atoms. The molecule has 0 unspecified atom stereocenters. The Morgan fingerprint density at radius 3 is 2.48 bits per heavy atom. The highest BCUT2D eigenvalue weighted by atomic mass is 19.1. The molecule has 0 radical (unpaired) electrons. The molecule has 2 aromatic heterocycles. The van der Waals surface area contributed by atoms with Crippen LogP contribution in [0.15, 0.2) is 54.9 Å². The molecule has 130 valence electrons. The summed E-state index contributed by atoms with van der Waals surface area (Å²) in [7, 11) is 0. The van der Waals surface area contributed by atoms with E-state index in [9.17, 15) is 9.65 Å². The topological polar surface area (TPSA) is 88.5 Å².